The molecule has 30 heavy (non-hydrogen) atoms. The summed E-state index contributed by atoms with van der Waals surface area (Å²) in [6.07, 6.45) is 3.35. The first-order valence-electron chi connectivity index (χ1n) is 11.2. The van der Waals surface area contributed by atoms with E-state index in [2.05, 4.69) is 35.2 Å². The molecular formula is C24H31N3O2S. The fraction of sp³-hybridized carbons (Fsp3) is 0.542. The SMILES string of the molecule is Cc1cc(-c2ccc(C3CCN(C4COC4)CC3)cc2)sc1C(=O)N1CC[C@H](N)C1. The molecule has 2 N–H and O–H groups in total. The van der Waals surface area contributed by atoms with Crippen LogP contribution in [0.25, 0.3) is 10.4 Å². The zero-order chi connectivity index (χ0) is 20.7. The van der Waals surface area contributed by atoms with Crippen molar-refractivity contribution in [3.8, 4) is 10.4 Å². The molecule has 3 aliphatic rings. The van der Waals surface area contributed by atoms with E-state index >= 15 is 0 Å². The molecular weight excluding hydrogens is 394 g/mol. The Kier molecular flexibility index (Phi) is 5.67. The molecule has 5 rings (SSSR count). The van der Waals surface area contributed by atoms with Gasteiger partial charge in [0.2, 0.25) is 0 Å². The monoisotopic (exact) mass is 425 g/mol. The first-order chi connectivity index (χ1) is 14.6. The van der Waals surface area contributed by atoms with E-state index in [1.165, 1.54) is 41.9 Å². The summed E-state index contributed by atoms with van der Waals surface area (Å²) in [6.45, 7) is 7.66. The van der Waals surface area contributed by atoms with Crippen molar-refractivity contribution < 1.29 is 9.53 Å². The molecule has 0 spiro atoms. The quantitative estimate of drug-likeness (QED) is 0.815. The molecule has 3 saturated heterocycles. The van der Waals surface area contributed by atoms with Gasteiger partial charge in [-0.25, -0.2) is 0 Å². The molecule has 5 nitrogen and oxygen atoms in total. The first-order valence-corrected chi connectivity index (χ1v) is 12.0. The Hall–Kier alpha value is -1.73. The molecule has 0 radical (unpaired) electrons. The van der Waals surface area contributed by atoms with E-state index in [0.717, 1.165) is 36.6 Å². The van der Waals surface area contributed by atoms with Gasteiger partial charge in [0, 0.05) is 24.0 Å². The molecule has 6 heteroatoms. The molecule has 2 aromatic rings. The number of carbonyl (C=O) groups is 1. The number of amides is 1. The smallest absolute Gasteiger partial charge is 0.264 e. The Labute approximate surface area is 182 Å². The first kappa shape index (κ1) is 20.2. The number of benzene rings is 1. The molecule has 160 valence electrons. The zero-order valence-electron chi connectivity index (χ0n) is 17.7. The maximum atomic E-state index is 12.9. The van der Waals surface area contributed by atoms with Crippen LogP contribution in [0.15, 0.2) is 30.3 Å². The number of hydrogen-bond donors (Lipinski definition) is 1. The third-order valence-electron chi connectivity index (χ3n) is 6.96. The van der Waals surface area contributed by atoms with Crippen molar-refractivity contribution >= 4 is 17.2 Å². The molecule has 0 aliphatic carbocycles. The van der Waals surface area contributed by atoms with Gasteiger partial charge in [-0.15, -0.1) is 11.3 Å². The van der Waals surface area contributed by atoms with Crippen molar-refractivity contribution in [2.75, 3.05) is 39.4 Å². The van der Waals surface area contributed by atoms with Crippen molar-refractivity contribution in [2.45, 2.75) is 44.2 Å². The molecule has 4 heterocycles. The Balaban J connectivity index is 1.25. The van der Waals surface area contributed by atoms with Crippen LogP contribution < -0.4 is 5.73 Å². The molecule has 1 amide bonds. The lowest BCUT2D eigenvalue weighted by molar-refractivity contribution is -0.0712. The van der Waals surface area contributed by atoms with Crippen molar-refractivity contribution in [1.29, 1.82) is 0 Å². The minimum Gasteiger partial charge on any atom is -0.378 e. The van der Waals surface area contributed by atoms with Crippen LogP contribution in [0.4, 0.5) is 0 Å². The van der Waals surface area contributed by atoms with E-state index in [1.807, 2.05) is 11.8 Å². The minimum absolute atomic E-state index is 0.121. The highest BCUT2D eigenvalue weighted by molar-refractivity contribution is 7.17. The molecule has 1 aromatic heterocycles. The fourth-order valence-corrected chi connectivity index (χ4v) is 6.05. The number of likely N-dealkylation sites (tertiary alicyclic amines) is 2. The maximum absolute atomic E-state index is 12.9. The molecule has 0 bridgehead atoms. The lowest BCUT2D eigenvalue weighted by Crippen LogP contribution is -2.51. The van der Waals surface area contributed by atoms with Crippen LogP contribution in [0.2, 0.25) is 0 Å². The van der Waals surface area contributed by atoms with Crippen molar-refractivity contribution in [2.24, 2.45) is 5.73 Å². The molecule has 1 aromatic carbocycles. The number of rotatable bonds is 4. The molecule has 1 atom stereocenters. The molecule has 3 fully saturated rings. The van der Waals surface area contributed by atoms with Crippen LogP contribution in [-0.2, 0) is 4.74 Å². The topological polar surface area (TPSA) is 58.8 Å². The van der Waals surface area contributed by atoms with Crippen LogP contribution in [0, 0.1) is 6.92 Å². The predicted octanol–water partition coefficient (Wildman–Crippen LogP) is 3.47. The summed E-state index contributed by atoms with van der Waals surface area (Å²) in [5.74, 6) is 0.787. The van der Waals surface area contributed by atoms with Crippen LogP contribution in [0.5, 0.6) is 0 Å². The Morgan fingerprint density at radius 3 is 2.43 bits per heavy atom. The van der Waals surface area contributed by atoms with Gasteiger partial charge in [-0.1, -0.05) is 24.3 Å². The lowest BCUT2D eigenvalue weighted by atomic mass is 9.88. The maximum Gasteiger partial charge on any atom is 0.264 e. The summed E-state index contributed by atoms with van der Waals surface area (Å²) in [7, 11) is 0. The molecule has 0 unspecified atom stereocenters. The highest BCUT2D eigenvalue weighted by Crippen LogP contribution is 2.35. The minimum atomic E-state index is 0.121. The number of nitrogens with zero attached hydrogens (tertiary/aromatic N) is 2. The summed E-state index contributed by atoms with van der Waals surface area (Å²) in [5, 5.41) is 0. The zero-order valence-corrected chi connectivity index (χ0v) is 18.5. The second kappa shape index (κ2) is 8.42. The van der Waals surface area contributed by atoms with Crippen molar-refractivity contribution in [3.05, 3.63) is 46.3 Å². The third kappa shape index (κ3) is 3.94. The van der Waals surface area contributed by atoms with Gasteiger partial charge < -0.3 is 15.4 Å². The van der Waals surface area contributed by atoms with Crippen LogP contribution >= 0.6 is 11.3 Å². The normalized spacial score (nSPS) is 23.7. The summed E-state index contributed by atoms with van der Waals surface area (Å²) in [5.41, 5.74) is 9.70. The Bertz CT molecular complexity index is 898. The summed E-state index contributed by atoms with van der Waals surface area (Å²) < 4.78 is 5.34. The standard InChI is InChI=1S/C24H31N3O2S/c1-16-12-22(30-23(16)24(28)27-11-8-20(25)13-27)19-4-2-17(3-5-19)18-6-9-26(10-7-18)21-14-29-15-21/h2-5,12,18,20-21H,6-11,13-15,25H2,1H3/t20-/m0/s1. The van der Waals surface area contributed by atoms with E-state index in [4.69, 9.17) is 10.5 Å². The van der Waals surface area contributed by atoms with Crippen LogP contribution in [-0.4, -0.2) is 67.2 Å². The van der Waals surface area contributed by atoms with E-state index in [0.29, 0.717) is 18.5 Å². The average Bonchev–Trinajstić information content (AvgIpc) is 3.33. The van der Waals surface area contributed by atoms with Crippen molar-refractivity contribution in [3.63, 3.8) is 0 Å². The Morgan fingerprint density at radius 1 is 1.10 bits per heavy atom. The number of nitrogens with two attached hydrogens (primary N) is 1. The van der Waals surface area contributed by atoms with Gasteiger partial charge in [0.25, 0.3) is 5.91 Å². The summed E-state index contributed by atoms with van der Waals surface area (Å²) in [6, 6.07) is 12.0. The largest absolute Gasteiger partial charge is 0.378 e. The number of aryl methyl sites for hydroxylation is 1. The van der Waals surface area contributed by atoms with Crippen LogP contribution in [0.1, 0.15) is 46.0 Å². The third-order valence-corrected chi connectivity index (χ3v) is 8.23. The number of ether oxygens (including phenoxy) is 1. The van der Waals surface area contributed by atoms with E-state index < -0.39 is 0 Å². The highest BCUT2D eigenvalue weighted by atomic mass is 32.1. The van der Waals surface area contributed by atoms with E-state index in [1.54, 1.807) is 11.3 Å². The van der Waals surface area contributed by atoms with Gasteiger partial charge >= 0.3 is 0 Å². The second-order valence-electron chi connectivity index (χ2n) is 9.05. The van der Waals surface area contributed by atoms with Crippen LogP contribution in [0.3, 0.4) is 0 Å². The Morgan fingerprint density at radius 2 is 1.83 bits per heavy atom. The summed E-state index contributed by atoms with van der Waals surface area (Å²) >= 11 is 1.61. The van der Waals surface area contributed by atoms with Crippen molar-refractivity contribution in [1.82, 2.24) is 9.80 Å². The predicted molar refractivity (Wildman–Crippen MR) is 121 cm³/mol. The average molecular weight is 426 g/mol. The lowest BCUT2D eigenvalue weighted by Gasteiger charge is -2.41. The van der Waals surface area contributed by atoms with E-state index in [-0.39, 0.29) is 11.9 Å². The number of hydrogen-bond acceptors (Lipinski definition) is 5. The number of piperidine rings is 1. The van der Waals surface area contributed by atoms with Gasteiger partial charge in [0.1, 0.15) is 0 Å². The van der Waals surface area contributed by atoms with E-state index in [9.17, 15) is 4.79 Å². The highest BCUT2D eigenvalue weighted by Gasteiger charge is 2.30. The fourth-order valence-electron chi connectivity index (χ4n) is 4.90. The number of carbonyl (C=O) groups excluding carboxylic acids is 1. The van der Waals surface area contributed by atoms with Gasteiger partial charge in [-0.2, -0.15) is 0 Å². The van der Waals surface area contributed by atoms with Gasteiger partial charge in [-0.05, 0) is 68.0 Å². The second-order valence-corrected chi connectivity index (χ2v) is 10.1. The molecule has 0 saturated carbocycles. The van der Waals surface area contributed by atoms with Gasteiger partial charge in [0.15, 0.2) is 0 Å². The summed E-state index contributed by atoms with van der Waals surface area (Å²) in [4.78, 5) is 19.4. The van der Waals surface area contributed by atoms with Gasteiger partial charge in [-0.3, -0.25) is 9.69 Å². The van der Waals surface area contributed by atoms with Gasteiger partial charge in [0.05, 0.1) is 24.1 Å². The molecule has 3 aliphatic heterocycles. The number of thiophene rings is 1.